The van der Waals surface area contributed by atoms with Crippen LogP contribution in [0.2, 0.25) is 0 Å². The lowest BCUT2D eigenvalue weighted by Crippen LogP contribution is -2.13. The molecule has 5 heteroatoms. The van der Waals surface area contributed by atoms with Crippen molar-refractivity contribution in [1.82, 2.24) is 10.1 Å². The van der Waals surface area contributed by atoms with E-state index in [-0.39, 0.29) is 10.6 Å². The van der Waals surface area contributed by atoms with Gasteiger partial charge in [-0.2, -0.15) is 16.7 Å². The molecule has 12 heavy (non-hydrogen) atoms. The van der Waals surface area contributed by atoms with Crippen LogP contribution in [-0.4, -0.2) is 22.7 Å². The molecule has 0 fully saturated rings. The van der Waals surface area contributed by atoms with Gasteiger partial charge in [-0.3, -0.25) is 4.79 Å². The fourth-order valence-corrected chi connectivity index (χ4v) is 0.884. The van der Waals surface area contributed by atoms with Crippen molar-refractivity contribution in [3.05, 3.63) is 11.7 Å². The van der Waals surface area contributed by atoms with Crippen LogP contribution in [0.25, 0.3) is 0 Å². The zero-order valence-electron chi connectivity index (χ0n) is 7.20. The second-order valence-electron chi connectivity index (χ2n) is 2.79. The molecule has 0 spiro atoms. The SMILES string of the molecule is CSC(C)(C)c1noc(C=O)n1. The Kier molecular flexibility index (Phi) is 2.52. The number of aldehydes is 1. The van der Waals surface area contributed by atoms with Gasteiger partial charge >= 0.3 is 0 Å². The van der Waals surface area contributed by atoms with Gasteiger partial charge in [0.2, 0.25) is 6.29 Å². The molecule has 0 atom stereocenters. The number of rotatable bonds is 3. The van der Waals surface area contributed by atoms with Gasteiger partial charge in [0.05, 0.1) is 4.75 Å². The second kappa shape index (κ2) is 3.26. The van der Waals surface area contributed by atoms with Crippen molar-refractivity contribution in [3.63, 3.8) is 0 Å². The molecule has 1 aromatic rings. The molecule has 4 nitrogen and oxygen atoms in total. The minimum absolute atomic E-state index is 0.0344. The summed E-state index contributed by atoms with van der Waals surface area (Å²) in [4.78, 5) is 14.1. The van der Waals surface area contributed by atoms with E-state index in [1.165, 1.54) is 0 Å². The molecule has 0 aromatic carbocycles. The molecule has 0 aliphatic rings. The fourth-order valence-electron chi connectivity index (χ4n) is 0.619. The highest BCUT2D eigenvalue weighted by Gasteiger charge is 2.25. The highest BCUT2D eigenvalue weighted by atomic mass is 32.2. The fraction of sp³-hybridized carbons (Fsp3) is 0.571. The van der Waals surface area contributed by atoms with E-state index in [4.69, 9.17) is 0 Å². The normalized spacial score (nSPS) is 11.6. The molecule has 0 saturated carbocycles. The van der Waals surface area contributed by atoms with Gasteiger partial charge in [-0.25, -0.2) is 0 Å². The third-order valence-electron chi connectivity index (χ3n) is 1.59. The molecular formula is C7H10N2O2S. The molecule has 0 N–H and O–H groups in total. The van der Waals surface area contributed by atoms with Crippen molar-refractivity contribution in [2.24, 2.45) is 0 Å². The summed E-state index contributed by atoms with van der Waals surface area (Å²) in [6.07, 6.45) is 2.50. The zero-order valence-corrected chi connectivity index (χ0v) is 8.01. The first-order valence-electron chi connectivity index (χ1n) is 3.44. The lowest BCUT2D eigenvalue weighted by Gasteiger charge is -2.15. The Bertz CT molecular complexity index is 283. The molecule has 0 bridgehead atoms. The first-order valence-corrected chi connectivity index (χ1v) is 4.67. The van der Waals surface area contributed by atoms with Gasteiger partial charge in [0, 0.05) is 0 Å². The predicted molar refractivity (Wildman–Crippen MR) is 46.2 cm³/mol. The van der Waals surface area contributed by atoms with Crippen LogP contribution in [0.5, 0.6) is 0 Å². The molecule has 0 aliphatic heterocycles. The van der Waals surface area contributed by atoms with Crippen LogP contribution < -0.4 is 0 Å². The number of aromatic nitrogens is 2. The smallest absolute Gasteiger partial charge is 0.290 e. The van der Waals surface area contributed by atoms with Gasteiger partial charge < -0.3 is 4.52 Å². The van der Waals surface area contributed by atoms with Gasteiger partial charge in [-0.05, 0) is 20.1 Å². The number of carbonyl (C=O) groups is 1. The highest BCUT2D eigenvalue weighted by molar-refractivity contribution is 7.99. The van der Waals surface area contributed by atoms with Crippen LogP contribution >= 0.6 is 11.8 Å². The van der Waals surface area contributed by atoms with E-state index in [0.29, 0.717) is 12.1 Å². The Morgan fingerprint density at radius 3 is 2.67 bits per heavy atom. The lowest BCUT2D eigenvalue weighted by atomic mass is 10.2. The summed E-state index contributed by atoms with van der Waals surface area (Å²) in [6, 6.07) is 0. The number of hydrogen-bond acceptors (Lipinski definition) is 5. The average molecular weight is 186 g/mol. The van der Waals surface area contributed by atoms with E-state index >= 15 is 0 Å². The van der Waals surface area contributed by atoms with E-state index in [1.54, 1.807) is 11.8 Å². The molecule has 1 rings (SSSR count). The van der Waals surface area contributed by atoms with Crippen LogP contribution in [0.15, 0.2) is 4.52 Å². The van der Waals surface area contributed by atoms with Crippen LogP contribution in [0, 0.1) is 0 Å². The van der Waals surface area contributed by atoms with Crippen molar-refractivity contribution in [2.45, 2.75) is 18.6 Å². The predicted octanol–water partition coefficient (Wildman–Crippen LogP) is 1.48. The number of carbonyl (C=O) groups excluding carboxylic acids is 1. The topological polar surface area (TPSA) is 56.0 Å². The van der Waals surface area contributed by atoms with Crippen molar-refractivity contribution in [2.75, 3.05) is 6.26 Å². The first-order chi connectivity index (χ1) is 5.60. The minimum atomic E-state index is -0.204. The van der Waals surface area contributed by atoms with E-state index in [1.807, 2.05) is 20.1 Å². The Hall–Kier alpha value is -0.840. The summed E-state index contributed by atoms with van der Waals surface area (Å²) in [7, 11) is 0. The van der Waals surface area contributed by atoms with Gasteiger partial charge in [0.1, 0.15) is 0 Å². The maximum Gasteiger partial charge on any atom is 0.290 e. The Morgan fingerprint density at radius 1 is 1.58 bits per heavy atom. The molecular weight excluding hydrogens is 176 g/mol. The second-order valence-corrected chi connectivity index (χ2v) is 4.22. The summed E-state index contributed by atoms with van der Waals surface area (Å²) in [5.41, 5.74) is 0. The molecule has 0 saturated heterocycles. The zero-order chi connectivity index (χ0) is 9.19. The molecule has 1 heterocycles. The number of hydrogen-bond donors (Lipinski definition) is 0. The highest BCUT2D eigenvalue weighted by Crippen LogP contribution is 2.30. The van der Waals surface area contributed by atoms with Crippen molar-refractivity contribution >= 4 is 18.0 Å². The average Bonchev–Trinajstić information content (AvgIpc) is 2.52. The maximum absolute atomic E-state index is 10.2. The monoisotopic (exact) mass is 186 g/mol. The van der Waals surface area contributed by atoms with Gasteiger partial charge in [-0.1, -0.05) is 5.16 Å². The molecule has 0 radical (unpaired) electrons. The van der Waals surface area contributed by atoms with E-state index in [0.717, 1.165) is 0 Å². The lowest BCUT2D eigenvalue weighted by molar-refractivity contribution is 0.108. The Balaban J connectivity index is 2.95. The van der Waals surface area contributed by atoms with E-state index in [2.05, 4.69) is 14.7 Å². The summed E-state index contributed by atoms with van der Waals surface area (Å²) < 4.78 is 4.46. The van der Waals surface area contributed by atoms with E-state index < -0.39 is 0 Å². The van der Waals surface area contributed by atoms with Crippen molar-refractivity contribution in [1.29, 1.82) is 0 Å². The van der Waals surface area contributed by atoms with Crippen LogP contribution in [0.4, 0.5) is 0 Å². The van der Waals surface area contributed by atoms with Crippen LogP contribution in [0.3, 0.4) is 0 Å². The summed E-state index contributed by atoms with van der Waals surface area (Å²) in [6.45, 7) is 3.94. The largest absolute Gasteiger partial charge is 0.331 e. The number of nitrogens with zero attached hydrogens (tertiary/aromatic N) is 2. The Morgan fingerprint density at radius 2 is 2.25 bits per heavy atom. The quantitative estimate of drug-likeness (QED) is 0.669. The Labute approximate surface area is 74.7 Å². The molecule has 1 aromatic heterocycles. The number of thioether (sulfide) groups is 1. The van der Waals surface area contributed by atoms with Gasteiger partial charge in [0.25, 0.3) is 5.89 Å². The van der Waals surface area contributed by atoms with Crippen molar-refractivity contribution < 1.29 is 9.32 Å². The van der Waals surface area contributed by atoms with Gasteiger partial charge in [0.15, 0.2) is 5.82 Å². The van der Waals surface area contributed by atoms with E-state index in [9.17, 15) is 4.79 Å². The first kappa shape index (κ1) is 9.25. The van der Waals surface area contributed by atoms with Gasteiger partial charge in [-0.15, -0.1) is 0 Å². The minimum Gasteiger partial charge on any atom is -0.331 e. The maximum atomic E-state index is 10.2. The third kappa shape index (κ3) is 1.66. The van der Waals surface area contributed by atoms with Crippen molar-refractivity contribution in [3.8, 4) is 0 Å². The summed E-state index contributed by atoms with van der Waals surface area (Å²) in [5.74, 6) is 0.587. The summed E-state index contributed by atoms with van der Waals surface area (Å²) >= 11 is 1.60. The molecule has 0 amide bonds. The summed E-state index contributed by atoms with van der Waals surface area (Å²) in [5, 5.41) is 3.69. The molecule has 66 valence electrons. The molecule has 0 aliphatic carbocycles. The third-order valence-corrected chi connectivity index (χ3v) is 2.79. The van der Waals surface area contributed by atoms with Crippen LogP contribution in [0.1, 0.15) is 30.4 Å². The molecule has 0 unspecified atom stereocenters. The standard InChI is InChI=1S/C7H10N2O2S/c1-7(2,12-3)6-8-5(4-10)11-9-6/h4H,1-3H3. The van der Waals surface area contributed by atoms with Crippen LogP contribution in [-0.2, 0) is 4.75 Å².